The molecule has 0 saturated heterocycles. The molecule has 0 aliphatic carbocycles. The van der Waals surface area contributed by atoms with Crippen molar-refractivity contribution in [3.8, 4) is 0 Å². The Hall–Kier alpha value is -2.71. The summed E-state index contributed by atoms with van der Waals surface area (Å²) in [6.45, 7) is 0. The normalized spacial score (nSPS) is 10.3. The molecule has 6 nitrogen and oxygen atoms in total. The van der Waals surface area contributed by atoms with Crippen molar-refractivity contribution in [2.45, 2.75) is 12.8 Å². The summed E-state index contributed by atoms with van der Waals surface area (Å²) < 4.78 is 0.907. The van der Waals surface area contributed by atoms with Crippen LogP contribution in [0, 0.1) is 0 Å². The number of nitrogens with zero attached hydrogens (tertiary/aromatic N) is 1. The van der Waals surface area contributed by atoms with Crippen molar-refractivity contribution in [1.82, 2.24) is 4.98 Å². The molecule has 0 radical (unpaired) electrons. The molecule has 0 spiro atoms. The summed E-state index contributed by atoms with van der Waals surface area (Å²) in [5, 5.41) is 10.6. The van der Waals surface area contributed by atoms with Crippen LogP contribution < -0.4 is 16.0 Å². The number of para-hydroxylation sites is 1. The number of thiazole rings is 1. The summed E-state index contributed by atoms with van der Waals surface area (Å²) in [6, 6.07) is 16.2. The van der Waals surface area contributed by atoms with Gasteiger partial charge in [0.15, 0.2) is 5.13 Å². The fraction of sp³-hybridized carbons (Fsp3) is 0.105. The Balaban J connectivity index is 1.46. The van der Waals surface area contributed by atoms with Gasteiger partial charge in [-0.15, -0.1) is 11.3 Å². The second-order valence-electron chi connectivity index (χ2n) is 5.65. The van der Waals surface area contributed by atoms with Gasteiger partial charge in [-0.3, -0.25) is 10.1 Å². The molecule has 0 aliphatic rings. The Morgan fingerprint density at radius 3 is 2.52 bits per heavy atom. The Bertz CT molecular complexity index is 930. The van der Waals surface area contributed by atoms with Gasteiger partial charge in [-0.25, -0.2) is 9.78 Å². The van der Waals surface area contributed by atoms with Gasteiger partial charge in [-0.05, 0) is 36.8 Å². The van der Waals surface area contributed by atoms with E-state index in [1.165, 1.54) is 11.3 Å². The molecule has 3 amide bonds. The van der Waals surface area contributed by atoms with Crippen LogP contribution in [-0.4, -0.2) is 16.9 Å². The number of aromatic nitrogens is 1. The lowest BCUT2D eigenvalue weighted by molar-refractivity contribution is -0.116. The molecule has 1 aromatic heterocycles. The molecule has 3 aromatic rings. The van der Waals surface area contributed by atoms with E-state index < -0.39 is 0 Å². The molecule has 0 unspecified atom stereocenters. The van der Waals surface area contributed by atoms with Crippen molar-refractivity contribution < 1.29 is 9.59 Å². The van der Waals surface area contributed by atoms with E-state index in [4.69, 9.17) is 0 Å². The zero-order valence-electron chi connectivity index (χ0n) is 14.2. The van der Waals surface area contributed by atoms with Crippen molar-refractivity contribution in [3.05, 3.63) is 70.1 Å². The third-order valence-electron chi connectivity index (χ3n) is 3.52. The first-order chi connectivity index (χ1) is 13.1. The molecule has 0 bridgehead atoms. The number of urea groups is 1. The van der Waals surface area contributed by atoms with Gasteiger partial charge in [0.05, 0.1) is 5.69 Å². The summed E-state index contributed by atoms with van der Waals surface area (Å²) in [7, 11) is 0. The Morgan fingerprint density at radius 1 is 0.963 bits per heavy atom. The monoisotopic (exact) mass is 444 g/mol. The molecule has 0 atom stereocenters. The largest absolute Gasteiger partial charge is 0.326 e. The number of carbonyl (C=O) groups excluding carboxylic acids is 2. The van der Waals surface area contributed by atoms with E-state index in [0.717, 1.165) is 15.9 Å². The molecule has 1 heterocycles. The standard InChI is InChI=1S/C19H17BrN4O2S/c20-13-5-4-8-15(11-13)21-17(25)10-9-16-12-27-19(23-16)24-18(26)22-14-6-2-1-3-7-14/h1-8,11-12H,9-10H2,(H,21,25)(H2,22,23,24,26). The van der Waals surface area contributed by atoms with Gasteiger partial charge >= 0.3 is 6.03 Å². The molecule has 3 N–H and O–H groups in total. The van der Waals surface area contributed by atoms with E-state index in [1.807, 2.05) is 47.8 Å². The van der Waals surface area contributed by atoms with Crippen molar-refractivity contribution in [2.75, 3.05) is 16.0 Å². The molecule has 2 aromatic carbocycles. The molecule has 138 valence electrons. The first-order valence-corrected chi connectivity index (χ1v) is 9.88. The lowest BCUT2D eigenvalue weighted by Crippen LogP contribution is -2.19. The first kappa shape index (κ1) is 19.1. The molecule has 8 heteroatoms. The molecule has 0 aliphatic heterocycles. The van der Waals surface area contributed by atoms with Gasteiger partial charge in [0.25, 0.3) is 0 Å². The maximum Gasteiger partial charge on any atom is 0.325 e. The SMILES string of the molecule is O=C(CCc1csc(NC(=O)Nc2ccccc2)n1)Nc1cccc(Br)c1. The molecule has 0 fully saturated rings. The zero-order chi connectivity index (χ0) is 19.1. The summed E-state index contributed by atoms with van der Waals surface area (Å²) in [4.78, 5) is 28.4. The number of hydrogen-bond acceptors (Lipinski definition) is 4. The summed E-state index contributed by atoms with van der Waals surface area (Å²) >= 11 is 4.70. The topological polar surface area (TPSA) is 83.1 Å². The highest BCUT2D eigenvalue weighted by atomic mass is 79.9. The number of benzene rings is 2. The van der Waals surface area contributed by atoms with Crippen molar-refractivity contribution in [3.63, 3.8) is 0 Å². The van der Waals surface area contributed by atoms with Crippen molar-refractivity contribution in [1.29, 1.82) is 0 Å². The van der Waals surface area contributed by atoms with Crippen LogP contribution in [-0.2, 0) is 11.2 Å². The molecule has 0 saturated carbocycles. The highest BCUT2D eigenvalue weighted by Crippen LogP contribution is 2.18. The fourth-order valence-electron chi connectivity index (χ4n) is 2.29. The predicted octanol–water partition coefficient (Wildman–Crippen LogP) is 5.12. The molecular weight excluding hydrogens is 428 g/mol. The van der Waals surface area contributed by atoms with Gasteiger partial charge in [-0.1, -0.05) is 40.2 Å². The highest BCUT2D eigenvalue weighted by Gasteiger charge is 2.09. The Labute approximate surface area is 169 Å². The van der Waals surface area contributed by atoms with Crippen LogP contribution in [0.15, 0.2) is 64.5 Å². The van der Waals surface area contributed by atoms with E-state index in [2.05, 4.69) is 36.9 Å². The van der Waals surface area contributed by atoms with Crippen LogP contribution in [0.1, 0.15) is 12.1 Å². The van der Waals surface area contributed by atoms with Gasteiger partial charge in [0.1, 0.15) is 0 Å². The minimum absolute atomic E-state index is 0.0857. The predicted molar refractivity (Wildman–Crippen MR) is 112 cm³/mol. The molecule has 3 rings (SSSR count). The lowest BCUT2D eigenvalue weighted by atomic mass is 10.2. The van der Waals surface area contributed by atoms with Crippen molar-refractivity contribution >= 4 is 55.7 Å². The third kappa shape index (κ3) is 6.19. The number of halogens is 1. The quantitative estimate of drug-likeness (QED) is 0.493. The van der Waals surface area contributed by atoms with Crippen LogP contribution in [0.4, 0.5) is 21.3 Å². The van der Waals surface area contributed by atoms with E-state index in [0.29, 0.717) is 23.7 Å². The second-order valence-corrected chi connectivity index (χ2v) is 7.42. The number of anilines is 3. The summed E-state index contributed by atoms with van der Waals surface area (Å²) in [5.41, 5.74) is 2.21. The average molecular weight is 445 g/mol. The number of nitrogens with one attached hydrogen (secondary N) is 3. The van der Waals surface area contributed by atoms with Crippen molar-refractivity contribution in [2.24, 2.45) is 0 Å². The lowest BCUT2D eigenvalue weighted by Gasteiger charge is -2.05. The number of carbonyl (C=O) groups is 2. The van der Waals surface area contributed by atoms with E-state index in [9.17, 15) is 9.59 Å². The molecular formula is C19H17BrN4O2S. The Kier molecular flexibility index (Phi) is 6.56. The smallest absolute Gasteiger partial charge is 0.325 e. The van der Waals surface area contributed by atoms with E-state index in [1.54, 1.807) is 12.1 Å². The van der Waals surface area contributed by atoms with Gasteiger partial charge in [-0.2, -0.15) is 0 Å². The number of hydrogen-bond donors (Lipinski definition) is 3. The second kappa shape index (κ2) is 9.29. The highest BCUT2D eigenvalue weighted by molar-refractivity contribution is 9.10. The van der Waals surface area contributed by atoms with Gasteiger partial charge < -0.3 is 10.6 Å². The number of amides is 3. The van der Waals surface area contributed by atoms with Crippen LogP contribution in [0.25, 0.3) is 0 Å². The third-order valence-corrected chi connectivity index (χ3v) is 4.82. The Morgan fingerprint density at radius 2 is 1.74 bits per heavy atom. The maximum atomic E-state index is 12.1. The van der Waals surface area contributed by atoms with Crippen LogP contribution >= 0.6 is 27.3 Å². The first-order valence-electron chi connectivity index (χ1n) is 8.21. The van der Waals surface area contributed by atoms with E-state index in [-0.39, 0.29) is 11.9 Å². The fourth-order valence-corrected chi connectivity index (χ4v) is 3.43. The maximum absolute atomic E-state index is 12.1. The number of aryl methyl sites for hydroxylation is 1. The van der Waals surface area contributed by atoms with E-state index >= 15 is 0 Å². The van der Waals surface area contributed by atoms with Crippen LogP contribution in [0.5, 0.6) is 0 Å². The van der Waals surface area contributed by atoms with Crippen LogP contribution in [0.2, 0.25) is 0 Å². The summed E-state index contributed by atoms with van der Waals surface area (Å²) in [6.07, 6.45) is 0.810. The molecule has 27 heavy (non-hydrogen) atoms. The van der Waals surface area contributed by atoms with Crippen LogP contribution in [0.3, 0.4) is 0 Å². The van der Waals surface area contributed by atoms with Gasteiger partial charge in [0, 0.05) is 27.6 Å². The zero-order valence-corrected chi connectivity index (χ0v) is 16.6. The average Bonchev–Trinajstić information content (AvgIpc) is 3.08. The number of rotatable bonds is 6. The minimum Gasteiger partial charge on any atom is -0.326 e. The minimum atomic E-state index is -0.352. The summed E-state index contributed by atoms with van der Waals surface area (Å²) in [5.74, 6) is -0.0857. The van der Waals surface area contributed by atoms with Gasteiger partial charge in [0.2, 0.25) is 5.91 Å².